The Hall–Kier alpha value is -3.31. The number of hydrogen-bond donors (Lipinski definition) is 10. The van der Waals surface area contributed by atoms with Gasteiger partial charge < -0.3 is 65.0 Å². The number of hydrogen-bond acceptors (Lipinski definition) is 14. The Kier molecular flexibility index (Phi) is 7.47. The van der Waals surface area contributed by atoms with Crippen LogP contribution in [-0.4, -0.2) is 107 Å². The summed E-state index contributed by atoms with van der Waals surface area (Å²) < 4.78 is 16.9. The van der Waals surface area contributed by atoms with Gasteiger partial charge in [-0.05, 0) is 24.3 Å². The predicted molar refractivity (Wildman–Crippen MR) is 132 cm³/mol. The van der Waals surface area contributed by atoms with Crippen molar-refractivity contribution in [3.63, 3.8) is 0 Å². The van der Waals surface area contributed by atoms with Crippen molar-refractivity contribution >= 4 is 11.0 Å². The summed E-state index contributed by atoms with van der Waals surface area (Å²) in [6.45, 7) is -1.34. The van der Waals surface area contributed by atoms with Crippen LogP contribution in [0.15, 0.2) is 39.5 Å². The molecular weight excluding hydrogens is 536 g/mol. The van der Waals surface area contributed by atoms with Crippen LogP contribution in [0.2, 0.25) is 0 Å². The summed E-state index contributed by atoms with van der Waals surface area (Å²) in [6, 6.07) is 6.47. The van der Waals surface area contributed by atoms with Crippen LogP contribution in [0.5, 0.6) is 17.2 Å². The highest BCUT2D eigenvalue weighted by atomic mass is 16.5. The van der Waals surface area contributed by atoms with Gasteiger partial charge in [0.05, 0.1) is 24.3 Å². The molecule has 1 aromatic heterocycles. The van der Waals surface area contributed by atoms with Gasteiger partial charge in [0.1, 0.15) is 83.3 Å². The molecule has 3 aromatic rings. The van der Waals surface area contributed by atoms with Crippen LogP contribution in [0.3, 0.4) is 0 Å². The molecule has 0 spiro atoms. The van der Waals surface area contributed by atoms with E-state index in [4.69, 9.17) is 13.9 Å². The topological polar surface area (TPSA) is 251 Å². The molecule has 14 nitrogen and oxygen atoms in total. The molecular formula is C26H28O14. The Morgan fingerprint density at radius 1 is 0.775 bits per heavy atom. The Bertz CT molecular complexity index is 1450. The van der Waals surface area contributed by atoms with Gasteiger partial charge in [-0.15, -0.1) is 0 Å². The summed E-state index contributed by atoms with van der Waals surface area (Å²) in [7, 11) is 0. The van der Waals surface area contributed by atoms with Crippen LogP contribution in [0.4, 0.5) is 0 Å². The first-order valence-electron chi connectivity index (χ1n) is 12.3. The maximum atomic E-state index is 13.4. The summed E-state index contributed by atoms with van der Waals surface area (Å²) in [6.07, 6.45) is -15.7. The van der Waals surface area contributed by atoms with E-state index in [0.29, 0.717) is 5.56 Å². The highest BCUT2D eigenvalue weighted by Gasteiger charge is 2.48. The second-order valence-electron chi connectivity index (χ2n) is 9.80. The number of fused-ring (bicyclic) bond motifs is 1. The Morgan fingerprint density at radius 2 is 1.43 bits per heavy atom. The molecule has 2 aliphatic rings. The second kappa shape index (κ2) is 10.6. The van der Waals surface area contributed by atoms with Gasteiger partial charge in [-0.2, -0.15) is 0 Å². The Labute approximate surface area is 224 Å². The maximum Gasteiger partial charge on any atom is 0.197 e. The number of ether oxygens (including phenoxy) is 2. The highest BCUT2D eigenvalue weighted by molar-refractivity contribution is 5.92. The SMILES string of the molecule is O=c1cc(-c2ccc(O)cc2)oc2c([C@@H]3O[C@H](CO)[C@@H](O)[C@H](O)[C@H]3O)c(O)c([C@H]3OC[C@H](O)[C@H](O)[C@H]3O)c(O)c12. The number of phenols is 3. The molecule has 0 amide bonds. The first kappa shape index (κ1) is 28.2. The normalized spacial score (nSPS) is 32.8. The third kappa shape index (κ3) is 4.49. The quantitative estimate of drug-likeness (QED) is 0.169. The van der Waals surface area contributed by atoms with Crippen molar-refractivity contribution in [1.29, 1.82) is 0 Å². The summed E-state index contributed by atoms with van der Waals surface area (Å²) in [5.41, 5.74) is -2.19. The van der Waals surface area contributed by atoms with Crippen LogP contribution in [0.1, 0.15) is 23.3 Å². The third-order valence-electron chi connectivity index (χ3n) is 7.31. The van der Waals surface area contributed by atoms with Crippen molar-refractivity contribution in [2.75, 3.05) is 13.2 Å². The van der Waals surface area contributed by atoms with Crippen LogP contribution in [-0.2, 0) is 9.47 Å². The van der Waals surface area contributed by atoms with Crippen molar-refractivity contribution in [3.05, 3.63) is 51.7 Å². The number of phenolic OH excluding ortho intramolecular Hbond substituents is 3. The molecule has 0 unspecified atom stereocenters. The van der Waals surface area contributed by atoms with Crippen molar-refractivity contribution in [3.8, 4) is 28.6 Å². The Morgan fingerprint density at radius 3 is 2.08 bits per heavy atom. The lowest BCUT2D eigenvalue weighted by atomic mass is 9.85. The minimum absolute atomic E-state index is 0.0767. The first-order chi connectivity index (χ1) is 19.0. The first-order valence-corrected chi connectivity index (χ1v) is 12.3. The molecule has 216 valence electrons. The standard InChI is InChI=1S/C26H28O14/c27-6-13-18(32)21(35)23(37)26(40-13)16-20(34)15(25-22(36)17(31)11(30)7-38-25)19(33)14-10(29)5-12(39-24(14)16)8-1-3-9(28)4-2-8/h1-5,11,13,17-18,21-23,25-28,30-37H,6-7H2/t11-,13+,17-,18+,21-,22+,23+,25+,26-/m0/s1. The molecule has 2 fully saturated rings. The van der Waals surface area contributed by atoms with Crippen LogP contribution >= 0.6 is 0 Å². The third-order valence-corrected chi connectivity index (χ3v) is 7.31. The van der Waals surface area contributed by atoms with Gasteiger partial charge in [0, 0.05) is 11.6 Å². The molecule has 0 aliphatic carbocycles. The summed E-state index contributed by atoms with van der Waals surface area (Å²) in [5, 5.41) is 104. The number of benzene rings is 2. The maximum absolute atomic E-state index is 13.4. The van der Waals surface area contributed by atoms with Crippen molar-refractivity contribution < 1.29 is 65.0 Å². The van der Waals surface area contributed by atoms with E-state index in [-0.39, 0.29) is 11.5 Å². The number of rotatable bonds is 4. The fourth-order valence-corrected chi connectivity index (χ4v) is 5.11. The lowest BCUT2D eigenvalue weighted by molar-refractivity contribution is -0.231. The van der Waals surface area contributed by atoms with E-state index in [1.165, 1.54) is 24.3 Å². The van der Waals surface area contributed by atoms with Gasteiger partial charge in [0.15, 0.2) is 11.0 Å². The van der Waals surface area contributed by atoms with Gasteiger partial charge in [-0.1, -0.05) is 0 Å². The average molecular weight is 564 g/mol. The van der Waals surface area contributed by atoms with Crippen LogP contribution < -0.4 is 5.43 Å². The smallest absolute Gasteiger partial charge is 0.197 e. The lowest BCUT2D eigenvalue weighted by Crippen LogP contribution is -2.55. The number of aromatic hydroxyl groups is 3. The molecule has 10 N–H and O–H groups in total. The zero-order valence-electron chi connectivity index (χ0n) is 20.6. The fraction of sp³-hybridized carbons (Fsp3) is 0.423. The van der Waals surface area contributed by atoms with E-state index in [1.807, 2.05) is 0 Å². The van der Waals surface area contributed by atoms with E-state index >= 15 is 0 Å². The van der Waals surface area contributed by atoms with E-state index in [9.17, 15) is 55.9 Å². The minimum Gasteiger partial charge on any atom is -0.508 e. The molecule has 2 aliphatic heterocycles. The van der Waals surface area contributed by atoms with Gasteiger partial charge in [0.25, 0.3) is 0 Å². The average Bonchev–Trinajstić information content (AvgIpc) is 2.92. The minimum atomic E-state index is -1.96. The second-order valence-corrected chi connectivity index (χ2v) is 9.80. The monoisotopic (exact) mass is 564 g/mol. The number of aliphatic hydroxyl groups is 7. The molecule has 0 saturated carbocycles. The summed E-state index contributed by atoms with van der Waals surface area (Å²) in [4.78, 5) is 13.4. The van der Waals surface area contributed by atoms with Crippen LogP contribution in [0, 0.1) is 0 Å². The van der Waals surface area contributed by atoms with Gasteiger partial charge in [0.2, 0.25) is 0 Å². The molecule has 14 heteroatoms. The fourth-order valence-electron chi connectivity index (χ4n) is 5.11. The molecule has 5 rings (SSSR count). The molecule has 2 aromatic carbocycles. The summed E-state index contributed by atoms with van der Waals surface area (Å²) in [5.74, 6) is -2.00. The Balaban J connectivity index is 1.81. The largest absolute Gasteiger partial charge is 0.508 e. The van der Waals surface area contributed by atoms with E-state index in [2.05, 4.69) is 0 Å². The van der Waals surface area contributed by atoms with E-state index < -0.39 is 107 Å². The molecule has 9 atom stereocenters. The zero-order chi connectivity index (χ0) is 29.0. The molecule has 0 bridgehead atoms. The van der Waals surface area contributed by atoms with Gasteiger partial charge >= 0.3 is 0 Å². The van der Waals surface area contributed by atoms with Crippen LogP contribution in [0.25, 0.3) is 22.3 Å². The number of aliphatic hydroxyl groups excluding tert-OH is 7. The van der Waals surface area contributed by atoms with Crippen molar-refractivity contribution in [2.24, 2.45) is 0 Å². The molecule has 2 saturated heterocycles. The highest BCUT2D eigenvalue weighted by Crippen LogP contribution is 2.50. The predicted octanol–water partition coefficient (Wildman–Crippen LogP) is -1.75. The van der Waals surface area contributed by atoms with Crippen molar-refractivity contribution in [1.82, 2.24) is 0 Å². The molecule has 3 heterocycles. The summed E-state index contributed by atoms with van der Waals surface area (Å²) >= 11 is 0. The van der Waals surface area contributed by atoms with E-state index in [0.717, 1.165) is 6.07 Å². The zero-order valence-corrected chi connectivity index (χ0v) is 20.6. The molecule has 40 heavy (non-hydrogen) atoms. The van der Waals surface area contributed by atoms with Gasteiger partial charge in [-0.3, -0.25) is 4.79 Å². The van der Waals surface area contributed by atoms with Gasteiger partial charge in [-0.25, -0.2) is 0 Å². The lowest BCUT2D eigenvalue weighted by Gasteiger charge is -2.41. The van der Waals surface area contributed by atoms with Crippen molar-refractivity contribution in [2.45, 2.75) is 54.9 Å². The van der Waals surface area contributed by atoms with E-state index in [1.54, 1.807) is 0 Å². The molecule has 0 radical (unpaired) electrons.